The zero-order valence-electron chi connectivity index (χ0n) is 10.4. The van der Waals surface area contributed by atoms with Gasteiger partial charge in [0, 0.05) is 13.6 Å². The quantitative estimate of drug-likeness (QED) is 0.773. The Hall–Kier alpha value is -1.55. The minimum absolute atomic E-state index is 0.0192. The van der Waals surface area contributed by atoms with E-state index < -0.39 is 0 Å². The van der Waals surface area contributed by atoms with Gasteiger partial charge in [-0.1, -0.05) is 12.1 Å². The molecule has 3 N–H and O–H groups in total. The molecule has 0 heterocycles. The van der Waals surface area contributed by atoms with E-state index in [4.69, 9.17) is 10.5 Å². The molecule has 0 aliphatic heterocycles. The minimum atomic E-state index is -0.183. The Labute approximate surface area is 102 Å². The second kappa shape index (κ2) is 6.91. The van der Waals surface area contributed by atoms with Crippen molar-refractivity contribution in [2.75, 3.05) is 20.2 Å². The predicted molar refractivity (Wildman–Crippen MR) is 67.9 cm³/mol. The van der Waals surface area contributed by atoms with Crippen molar-refractivity contribution in [1.29, 1.82) is 0 Å². The molecular formula is C13H20N2O2. The fourth-order valence-electron chi connectivity index (χ4n) is 1.70. The van der Waals surface area contributed by atoms with Crippen molar-refractivity contribution in [2.45, 2.75) is 13.3 Å². The first-order valence-electron chi connectivity index (χ1n) is 5.84. The van der Waals surface area contributed by atoms with Crippen LogP contribution in [0.4, 0.5) is 0 Å². The number of ether oxygens (including phenoxy) is 1. The molecule has 0 radical (unpaired) electrons. The van der Waals surface area contributed by atoms with Crippen LogP contribution in [0.3, 0.4) is 0 Å². The maximum absolute atomic E-state index is 11.5. The molecule has 0 fully saturated rings. The zero-order valence-corrected chi connectivity index (χ0v) is 10.4. The van der Waals surface area contributed by atoms with Gasteiger partial charge in [-0.25, -0.2) is 0 Å². The zero-order chi connectivity index (χ0) is 12.7. The number of benzene rings is 1. The molecule has 1 aromatic carbocycles. The first-order valence-corrected chi connectivity index (χ1v) is 5.84. The molecule has 0 aliphatic carbocycles. The molecule has 1 unspecified atom stereocenters. The van der Waals surface area contributed by atoms with E-state index in [9.17, 15) is 4.79 Å². The number of rotatable bonds is 6. The Morgan fingerprint density at radius 1 is 1.53 bits per heavy atom. The molecule has 1 atom stereocenters. The number of hydrogen-bond acceptors (Lipinski definition) is 3. The third-order valence-corrected chi connectivity index (χ3v) is 2.59. The van der Waals surface area contributed by atoms with Gasteiger partial charge < -0.3 is 15.8 Å². The third kappa shape index (κ3) is 4.07. The predicted octanol–water partition coefficient (Wildman–Crippen LogP) is 0.949. The first kappa shape index (κ1) is 13.5. The van der Waals surface area contributed by atoms with E-state index in [1.165, 1.54) is 0 Å². The van der Waals surface area contributed by atoms with Crippen LogP contribution in [0.5, 0.6) is 5.75 Å². The van der Waals surface area contributed by atoms with E-state index in [0.29, 0.717) is 19.6 Å². The summed E-state index contributed by atoms with van der Waals surface area (Å²) in [6.07, 6.45) is 0.636. The van der Waals surface area contributed by atoms with E-state index >= 15 is 0 Å². The van der Waals surface area contributed by atoms with Gasteiger partial charge in [0.1, 0.15) is 5.75 Å². The summed E-state index contributed by atoms with van der Waals surface area (Å²) in [6.45, 7) is 2.93. The van der Waals surface area contributed by atoms with E-state index in [1.54, 1.807) is 7.05 Å². The molecule has 0 aromatic heterocycles. The molecule has 0 saturated carbocycles. The summed E-state index contributed by atoms with van der Waals surface area (Å²) >= 11 is 0. The van der Waals surface area contributed by atoms with Gasteiger partial charge in [-0.15, -0.1) is 0 Å². The Morgan fingerprint density at radius 2 is 2.29 bits per heavy atom. The van der Waals surface area contributed by atoms with Gasteiger partial charge in [0.25, 0.3) is 0 Å². The highest BCUT2D eigenvalue weighted by Gasteiger charge is 2.15. The fraction of sp³-hybridized carbons (Fsp3) is 0.462. The Balaban J connectivity index is 2.72. The van der Waals surface area contributed by atoms with E-state index in [-0.39, 0.29) is 11.8 Å². The van der Waals surface area contributed by atoms with Gasteiger partial charge >= 0.3 is 0 Å². The number of hydrogen-bond donors (Lipinski definition) is 2. The highest BCUT2D eigenvalue weighted by Crippen LogP contribution is 2.16. The molecular weight excluding hydrogens is 216 g/mol. The van der Waals surface area contributed by atoms with Gasteiger partial charge in [0.05, 0.1) is 12.5 Å². The van der Waals surface area contributed by atoms with Crippen molar-refractivity contribution in [2.24, 2.45) is 11.7 Å². The lowest BCUT2D eigenvalue weighted by Gasteiger charge is -2.13. The average Bonchev–Trinajstić information content (AvgIpc) is 2.36. The average molecular weight is 236 g/mol. The van der Waals surface area contributed by atoms with Gasteiger partial charge in [-0.05, 0) is 31.0 Å². The van der Waals surface area contributed by atoms with E-state index in [1.807, 2.05) is 31.2 Å². The SMILES string of the molecule is CCOc1cccc(CC(CN)C(=O)NC)c1. The van der Waals surface area contributed by atoms with Crippen molar-refractivity contribution in [1.82, 2.24) is 5.32 Å². The second-order valence-electron chi connectivity index (χ2n) is 3.83. The summed E-state index contributed by atoms with van der Waals surface area (Å²) in [5.41, 5.74) is 6.67. The van der Waals surface area contributed by atoms with Crippen molar-refractivity contribution in [3.05, 3.63) is 29.8 Å². The standard InChI is InChI=1S/C13H20N2O2/c1-3-17-12-6-4-5-10(8-12)7-11(9-14)13(16)15-2/h4-6,8,11H,3,7,9,14H2,1-2H3,(H,15,16). The summed E-state index contributed by atoms with van der Waals surface area (Å²) in [7, 11) is 1.63. The molecule has 4 nitrogen and oxygen atoms in total. The molecule has 0 spiro atoms. The fourth-order valence-corrected chi connectivity index (χ4v) is 1.70. The molecule has 17 heavy (non-hydrogen) atoms. The molecule has 0 saturated heterocycles. The summed E-state index contributed by atoms with van der Waals surface area (Å²) in [5, 5.41) is 2.63. The van der Waals surface area contributed by atoms with Crippen LogP contribution >= 0.6 is 0 Å². The monoisotopic (exact) mass is 236 g/mol. The summed E-state index contributed by atoms with van der Waals surface area (Å²) in [6, 6.07) is 7.77. The third-order valence-electron chi connectivity index (χ3n) is 2.59. The number of nitrogens with two attached hydrogens (primary N) is 1. The van der Waals surface area contributed by atoms with Crippen molar-refractivity contribution >= 4 is 5.91 Å². The normalized spacial score (nSPS) is 11.9. The lowest BCUT2D eigenvalue weighted by molar-refractivity contribution is -0.124. The molecule has 94 valence electrons. The molecule has 0 bridgehead atoms. The van der Waals surface area contributed by atoms with Crippen LogP contribution in [-0.2, 0) is 11.2 Å². The van der Waals surface area contributed by atoms with Crippen LogP contribution in [0, 0.1) is 5.92 Å². The molecule has 4 heteroatoms. The van der Waals surface area contributed by atoms with Crippen LogP contribution in [0.25, 0.3) is 0 Å². The van der Waals surface area contributed by atoms with Crippen molar-refractivity contribution in [3.63, 3.8) is 0 Å². The first-order chi connectivity index (χ1) is 8.21. The number of carbonyl (C=O) groups is 1. The maximum atomic E-state index is 11.5. The summed E-state index contributed by atoms with van der Waals surface area (Å²) < 4.78 is 5.42. The number of carbonyl (C=O) groups excluding carboxylic acids is 1. The van der Waals surface area contributed by atoms with Gasteiger partial charge in [-0.3, -0.25) is 4.79 Å². The van der Waals surface area contributed by atoms with Crippen LogP contribution in [-0.4, -0.2) is 26.1 Å². The van der Waals surface area contributed by atoms with Gasteiger partial charge in [0.2, 0.25) is 5.91 Å². The van der Waals surface area contributed by atoms with E-state index in [0.717, 1.165) is 11.3 Å². The lowest BCUT2D eigenvalue weighted by atomic mass is 9.98. The molecule has 0 aliphatic rings. The smallest absolute Gasteiger partial charge is 0.224 e. The van der Waals surface area contributed by atoms with E-state index in [2.05, 4.69) is 5.32 Å². The maximum Gasteiger partial charge on any atom is 0.224 e. The Morgan fingerprint density at radius 3 is 2.88 bits per heavy atom. The van der Waals surface area contributed by atoms with Crippen LogP contribution < -0.4 is 15.8 Å². The van der Waals surface area contributed by atoms with Crippen LogP contribution in [0.2, 0.25) is 0 Å². The Kier molecular flexibility index (Phi) is 5.49. The Bertz CT molecular complexity index is 366. The lowest BCUT2D eigenvalue weighted by Crippen LogP contribution is -2.34. The number of nitrogens with one attached hydrogen (secondary N) is 1. The highest BCUT2D eigenvalue weighted by atomic mass is 16.5. The second-order valence-corrected chi connectivity index (χ2v) is 3.83. The molecule has 1 rings (SSSR count). The van der Waals surface area contributed by atoms with Crippen LogP contribution in [0.15, 0.2) is 24.3 Å². The minimum Gasteiger partial charge on any atom is -0.494 e. The van der Waals surface area contributed by atoms with Gasteiger partial charge in [0.15, 0.2) is 0 Å². The van der Waals surface area contributed by atoms with Crippen molar-refractivity contribution in [3.8, 4) is 5.75 Å². The largest absolute Gasteiger partial charge is 0.494 e. The highest BCUT2D eigenvalue weighted by molar-refractivity contribution is 5.78. The molecule has 1 amide bonds. The summed E-state index contributed by atoms with van der Waals surface area (Å²) in [5.74, 6) is 0.629. The molecule has 1 aromatic rings. The number of amides is 1. The topological polar surface area (TPSA) is 64.3 Å². The summed E-state index contributed by atoms with van der Waals surface area (Å²) in [4.78, 5) is 11.5. The van der Waals surface area contributed by atoms with Crippen LogP contribution in [0.1, 0.15) is 12.5 Å². The van der Waals surface area contributed by atoms with Gasteiger partial charge in [-0.2, -0.15) is 0 Å². The van der Waals surface area contributed by atoms with Crippen molar-refractivity contribution < 1.29 is 9.53 Å².